The molecule has 5 heteroatoms. The van der Waals surface area contributed by atoms with Gasteiger partial charge >= 0.3 is 5.97 Å². The van der Waals surface area contributed by atoms with E-state index >= 15 is 0 Å². The van der Waals surface area contributed by atoms with E-state index in [4.69, 9.17) is 4.74 Å². The van der Waals surface area contributed by atoms with Gasteiger partial charge in [-0.15, -0.1) is 0 Å². The van der Waals surface area contributed by atoms with Crippen LogP contribution >= 0.6 is 0 Å². The molecule has 0 atom stereocenters. The lowest BCUT2D eigenvalue weighted by Gasteiger charge is -2.09. The van der Waals surface area contributed by atoms with Crippen molar-refractivity contribution in [2.75, 3.05) is 11.9 Å². The number of anilines is 1. The van der Waals surface area contributed by atoms with Crippen molar-refractivity contribution in [3.63, 3.8) is 0 Å². The number of benzene rings is 2. The lowest BCUT2D eigenvalue weighted by Crippen LogP contribution is -2.21. The Kier molecular flexibility index (Phi) is 5.47. The summed E-state index contributed by atoms with van der Waals surface area (Å²) in [6.07, 6.45) is 0. The van der Waals surface area contributed by atoms with Crippen molar-refractivity contribution >= 4 is 23.3 Å². The third-order valence-corrected chi connectivity index (χ3v) is 3.52. The normalized spacial score (nSPS) is 10.1. The van der Waals surface area contributed by atoms with Crippen LogP contribution in [0.2, 0.25) is 0 Å². The fourth-order valence-corrected chi connectivity index (χ4v) is 2.15. The van der Waals surface area contributed by atoms with Gasteiger partial charge in [-0.1, -0.05) is 17.7 Å². The molecule has 1 amide bonds. The molecule has 2 aromatic carbocycles. The molecule has 0 aliphatic carbocycles. The Balaban J connectivity index is 1.92. The van der Waals surface area contributed by atoms with Gasteiger partial charge in [-0.3, -0.25) is 9.59 Å². The summed E-state index contributed by atoms with van der Waals surface area (Å²) in [6, 6.07) is 12.0. The standard InChI is InChI=1S/C19H19NO4/c1-12-4-5-13(2)17(10-12)19(23)24-11-18(22)20-16-8-6-15(7-9-16)14(3)21/h4-10H,11H2,1-3H3,(H,20,22). The molecule has 5 nitrogen and oxygen atoms in total. The second kappa shape index (κ2) is 7.55. The minimum absolute atomic E-state index is 0.0460. The summed E-state index contributed by atoms with van der Waals surface area (Å²) >= 11 is 0. The van der Waals surface area contributed by atoms with Crippen LogP contribution in [0, 0.1) is 13.8 Å². The lowest BCUT2D eigenvalue weighted by molar-refractivity contribution is -0.119. The molecule has 0 saturated carbocycles. The van der Waals surface area contributed by atoms with Crippen LogP contribution < -0.4 is 5.32 Å². The average molecular weight is 325 g/mol. The first-order chi connectivity index (χ1) is 11.4. The van der Waals surface area contributed by atoms with Crippen molar-refractivity contribution in [1.82, 2.24) is 0 Å². The largest absolute Gasteiger partial charge is 0.452 e. The van der Waals surface area contributed by atoms with E-state index in [0.717, 1.165) is 11.1 Å². The van der Waals surface area contributed by atoms with Gasteiger partial charge < -0.3 is 10.1 Å². The number of ketones is 1. The lowest BCUT2D eigenvalue weighted by atomic mass is 10.1. The molecule has 0 saturated heterocycles. The summed E-state index contributed by atoms with van der Waals surface area (Å²) in [5.74, 6) is -1.02. The average Bonchev–Trinajstić information content (AvgIpc) is 2.55. The van der Waals surface area contributed by atoms with Crippen LogP contribution in [0.3, 0.4) is 0 Å². The molecule has 0 aliphatic rings. The quantitative estimate of drug-likeness (QED) is 0.676. The molecule has 0 heterocycles. The number of esters is 1. The van der Waals surface area contributed by atoms with E-state index in [1.165, 1.54) is 6.92 Å². The highest BCUT2D eigenvalue weighted by molar-refractivity contribution is 5.97. The molecular weight excluding hydrogens is 306 g/mol. The Bertz CT molecular complexity index is 778. The van der Waals surface area contributed by atoms with Gasteiger partial charge in [0.1, 0.15) is 0 Å². The third kappa shape index (κ3) is 4.52. The molecule has 0 aromatic heterocycles. The summed E-state index contributed by atoms with van der Waals surface area (Å²) in [5, 5.41) is 2.61. The number of aryl methyl sites for hydroxylation is 2. The molecular formula is C19H19NO4. The smallest absolute Gasteiger partial charge is 0.338 e. The zero-order valence-corrected chi connectivity index (χ0v) is 13.9. The molecule has 0 fully saturated rings. The molecule has 0 radical (unpaired) electrons. The number of nitrogens with one attached hydrogen (secondary N) is 1. The zero-order valence-electron chi connectivity index (χ0n) is 13.9. The zero-order chi connectivity index (χ0) is 17.7. The molecule has 0 spiro atoms. The highest BCUT2D eigenvalue weighted by Crippen LogP contribution is 2.13. The van der Waals surface area contributed by atoms with Gasteiger partial charge in [0.2, 0.25) is 0 Å². The van der Waals surface area contributed by atoms with E-state index in [2.05, 4.69) is 5.32 Å². The van der Waals surface area contributed by atoms with Crippen molar-refractivity contribution in [3.8, 4) is 0 Å². The van der Waals surface area contributed by atoms with Gasteiger partial charge in [0.15, 0.2) is 12.4 Å². The molecule has 0 unspecified atom stereocenters. The topological polar surface area (TPSA) is 72.5 Å². The van der Waals surface area contributed by atoms with Gasteiger partial charge in [0.05, 0.1) is 5.56 Å². The van der Waals surface area contributed by atoms with Crippen LogP contribution in [-0.4, -0.2) is 24.3 Å². The van der Waals surface area contributed by atoms with E-state index in [9.17, 15) is 14.4 Å². The van der Waals surface area contributed by atoms with Crippen molar-refractivity contribution in [1.29, 1.82) is 0 Å². The van der Waals surface area contributed by atoms with Gasteiger partial charge in [-0.05, 0) is 56.7 Å². The number of carbonyl (C=O) groups excluding carboxylic acids is 3. The highest BCUT2D eigenvalue weighted by Gasteiger charge is 2.13. The van der Waals surface area contributed by atoms with E-state index < -0.39 is 11.9 Å². The molecule has 0 bridgehead atoms. The van der Waals surface area contributed by atoms with E-state index in [1.54, 1.807) is 30.3 Å². The second-order valence-corrected chi connectivity index (χ2v) is 5.58. The Morgan fingerprint density at radius 1 is 1.00 bits per heavy atom. The minimum atomic E-state index is -0.529. The Labute approximate surface area is 140 Å². The van der Waals surface area contributed by atoms with Crippen LogP contribution in [0.1, 0.15) is 38.8 Å². The van der Waals surface area contributed by atoms with Crippen LogP contribution in [0.4, 0.5) is 5.69 Å². The fourth-order valence-electron chi connectivity index (χ4n) is 2.15. The van der Waals surface area contributed by atoms with Crippen LogP contribution in [0.25, 0.3) is 0 Å². The Morgan fingerprint density at radius 3 is 2.29 bits per heavy atom. The molecule has 2 rings (SSSR count). The summed E-state index contributed by atoms with van der Waals surface area (Å²) in [7, 11) is 0. The molecule has 1 N–H and O–H groups in total. The summed E-state index contributed by atoms with van der Waals surface area (Å²) in [5.41, 5.74) is 3.30. The maximum Gasteiger partial charge on any atom is 0.338 e. The van der Waals surface area contributed by atoms with Crippen molar-refractivity contribution in [2.24, 2.45) is 0 Å². The van der Waals surface area contributed by atoms with Crippen molar-refractivity contribution in [3.05, 3.63) is 64.7 Å². The summed E-state index contributed by atoms with van der Waals surface area (Å²) < 4.78 is 5.05. The number of Topliss-reactive ketones (excluding diaryl/α,β-unsaturated/α-hetero) is 1. The summed E-state index contributed by atoms with van der Waals surface area (Å²) in [6.45, 7) is 4.79. The first kappa shape index (κ1) is 17.4. The maximum absolute atomic E-state index is 12.1. The van der Waals surface area contributed by atoms with Crippen LogP contribution in [0.15, 0.2) is 42.5 Å². The van der Waals surface area contributed by atoms with E-state index in [-0.39, 0.29) is 12.4 Å². The first-order valence-corrected chi connectivity index (χ1v) is 7.52. The van der Waals surface area contributed by atoms with Crippen LogP contribution in [0.5, 0.6) is 0 Å². The second-order valence-electron chi connectivity index (χ2n) is 5.58. The number of amides is 1. The van der Waals surface area contributed by atoms with Gasteiger partial charge in [-0.25, -0.2) is 4.79 Å². The van der Waals surface area contributed by atoms with Gasteiger partial charge in [0, 0.05) is 11.3 Å². The number of hydrogen-bond acceptors (Lipinski definition) is 4. The molecule has 2 aromatic rings. The molecule has 24 heavy (non-hydrogen) atoms. The van der Waals surface area contributed by atoms with E-state index in [0.29, 0.717) is 16.8 Å². The third-order valence-electron chi connectivity index (χ3n) is 3.52. The van der Waals surface area contributed by atoms with Crippen LogP contribution in [-0.2, 0) is 9.53 Å². The maximum atomic E-state index is 12.1. The predicted octanol–water partition coefficient (Wildman–Crippen LogP) is 3.30. The number of ether oxygens (including phenoxy) is 1. The Hall–Kier alpha value is -2.95. The number of rotatable bonds is 5. The first-order valence-electron chi connectivity index (χ1n) is 7.52. The minimum Gasteiger partial charge on any atom is -0.452 e. The highest BCUT2D eigenvalue weighted by atomic mass is 16.5. The van der Waals surface area contributed by atoms with E-state index in [1.807, 2.05) is 26.0 Å². The fraction of sp³-hybridized carbons (Fsp3) is 0.211. The predicted molar refractivity (Wildman–Crippen MR) is 91.3 cm³/mol. The van der Waals surface area contributed by atoms with Crippen molar-refractivity contribution < 1.29 is 19.1 Å². The molecule has 124 valence electrons. The Morgan fingerprint density at radius 2 is 1.67 bits per heavy atom. The molecule has 0 aliphatic heterocycles. The number of carbonyl (C=O) groups is 3. The monoisotopic (exact) mass is 325 g/mol. The summed E-state index contributed by atoms with van der Waals surface area (Å²) in [4.78, 5) is 35.1. The number of hydrogen-bond donors (Lipinski definition) is 1. The SMILES string of the molecule is CC(=O)c1ccc(NC(=O)COC(=O)c2cc(C)ccc2C)cc1. The van der Waals surface area contributed by atoms with Gasteiger partial charge in [-0.2, -0.15) is 0 Å². The van der Waals surface area contributed by atoms with Crippen molar-refractivity contribution in [2.45, 2.75) is 20.8 Å². The van der Waals surface area contributed by atoms with Gasteiger partial charge in [0.25, 0.3) is 5.91 Å².